The van der Waals surface area contributed by atoms with Gasteiger partial charge in [-0.3, -0.25) is 4.79 Å². The Kier molecular flexibility index (Phi) is 4.48. The number of rotatable bonds is 6. The number of halogens is 1. The molecule has 1 N–H and O–H groups in total. The van der Waals surface area contributed by atoms with Gasteiger partial charge in [0.25, 0.3) is 0 Å². The largest absolute Gasteiger partial charge is 0.352 e. The molecule has 0 radical (unpaired) electrons. The van der Waals surface area contributed by atoms with Crippen LogP contribution in [0.1, 0.15) is 12.8 Å². The molecule has 2 rings (SSSR count). The van der Waals surface area contributed by atoms with Crippen LogP contribution in [0, 0.1) is 5.82 Å². The van der Waals surface area contributed by atoms with Gasteiger partial charge in [-0.25, -0.2) is 8.70 Å². The Morgan fingerprint density at radius 3 is 2.33 bits per heavy atom. The minimum atomic E-state index is -3.83. The lowest BCUT2D eigenvalue weighted by Gasteiger charge is -2.26. The number of nitrogens with zero attached hydrogens (tertiary/aromatic N) is 2. The van der Waals surface area contributed by atoms with Crippen molar-refractivity contribution in [2.75, 3.05) is 24.9 Å². The summed E-state index contributed by atoms with van der Waals surface area (Å²) in [5, 5.41) is 2.74. The molecule has 1 aliphatic rings. The predicted molar refractivity (Wildman–Crippen MR) is 77.5 cm³/mol. The molecule has 1 fully saturated rings. The Hall–Kier alpha value is -1.67. The van der Waals surface area contributed by atoms with E-state index in [1.165, 1.54) is 26.2 Å². The van der Waals surface area contributed by atoms with Crippen molar-refractivity contribution in [2.24, 2.45) is 0 Å². The van der Waals surface area contributed by atoms with Gasteiger partial charge in [0.1, 0.15) is 12.4 Å². The zero-order valence-corrected chi connectivity index (χ0v) is 12.7. The number of nitrogens with one attached hydrogen (secondary N) is 1. The first-order chi connectivity index (χ1) is 9.80. The highest BCUT2D eigenvalue weighted by Gasteiger charge is 2.29. The van der Waals surface area contributed by atoms with Crippen molar-refractivity contribution in [3.8, 4) is 0 Å². The normalized spacial score (nSPS) is 15.0. The summed E-state index contributed by atoms with van der Waals surface area (Å²) in [6.07, 6.45) is 1.84. The molecule has 0 aromatic heterocycles. The molecule has 21 heavy (non-hydrogen) atoms. The Morgan fingerprint density at radius 1 is 1.29 bits per heavy atom. The van der Waals surface area contributed by atoms with Gasteiger partial charge in [0, 0.05) is 20.1 Å². The van der Waals surface area contributed by atoms with E-state index in [0.29, 0.717) is 0 Å². The lowest BCUT2D eigenvalue weighted by Crippen LogP contribution is -2.46. The van der Waals surface area contributed by atoms with Gasteiger partial charge in [-0.1, -0.05) is 0 Å². The van der Waals surface area contributed by atoms with Gasteiger partial charge in [0.2, 0.25) is 5.91 Å². The van der Waals surface area contributed by atoms with Crippen LogP contribution in [0.4, 0.5) is 10.1 Å². The molecule has 0 atom stereocenters. The van der Waals surface area contributed by atoms with Crippen molar-refractivity contribution in [1.82, 2.24) is 9.62 Å². The van der Waals surface area contributed by atoms with E-state index in [9.17, 15) is 17.6 Å². The lowest BCUT2D eigenvalue weighted by molar-refractivity contribution is -0.119. The van der Waals surface area contributed by atoms with Crippen LogP contribution >= 0.6 is 0 Å². The third-order valence-electron chi connectivity index (χ3n) is 3.08. The van der Waals surface area contributed by atoms with Crippen LogP contribution in [0.5, 0.6) is 0 Å². The van der Waals surface area contributed by atoms with E-state index in [1.54, 1.807) is 0 Å². The van der Waals surface area contributed by atoms with E-state index in [0.717, 1.165) is 33.6 Å². The first-order valence-electron chi connectivity index (χ1n) is 6.56. The molecule has 1 amide bonds. The fraction of sp³-hybridized carbons (Fsp3) is 0.462. The van der Waals surface area contributed by atoms with Gasteiger partial charge in [0.15, 0.2) is 0 Å². The zero-order chi connectivity index (χ0) is 15.6. The van der Waals surface area contributed by atoms with Crippen molar-refractivity contribution in [2.45, 2.75) is 18.9 Å². The molecule has 0 aliphatic heterocycles. The molecule has 1 aromatic carbocycles. The standard InChI is InChI=1S/C13H18FN3O3S/c1-16(2)21(19,20)17(9-13(18)15-11-5-6-11)12-7-3-10(14)4-8-12/h3-4,7-8,11H,5-6,9H2,1-2H3,(H,15,18). The second-order valence-electron chi connectivity index (χ2n) is 5.12. The highest BCUT2D eigenvalue weighted by molar-refractivity contribution is 7.90. The number of amides is 1. The second-order valence-corrected chi connectivity index (χ2v) is 7.18. The molecule has 1 aromatic rings. The molecular formula is C13H18FN3O3S. The van der Waals surface area contributed by atoms with Crippen LogP contribution in [-0.4, -0.2) is 45.3 Å². The highest BCUT2D eigenvalue weighted by atomic mass is 32.2. The lowest BCUT2D eigenvalue weighted by atomic mass is 10.3. The number of carbonyl (C=O) groups is 1. The molecule has 8 heteroatoms. The van der Waals surface area contributed by atoms with E-state index in [2.05, 4.69) is 5.32 Å². The number of hydrogen-bond donors (Lipinski definition) is 1. The maximum Gasteiger partial charge on any atom is 0.304 e. The first-order valence-corrected chi connectivity index (χ1v) is 7.95. The van der Waals surface area contributed by atoms with Gasteiger partial charge in [-0.2, -0.15) is 12.7 Å². The summed E-state index contributed by atoms with van der Waals surface area (Å²) in [4.78, 5) is 11.9. The van der Waals surface area contributed by atoms with Crippen molar-refractivity contribution < 1.29 is 17.6 Å². The fourth-order valence-electron chi connectivity index (χ4n) is 1.74. The Balaban J connectivity index is 2.25. The van der Waals surface area contributed by atoms with Crippen molar-refractivity contribution in [3.05, 3.63) is 30.1 Å². The number of anilines is 1. The van der Waals surface area contributed by atoms with Crippen LogP contribution in [0.15, 0.2) is 24.3 Å². The van der Waals surface area contributed by atoms with Crippen LogP contribution in [0.2, 0.25) is 0 Å². The molecule has 6 nitrogen and oxygen atoms in total. The molecule has 1 aliphatic carbocycles. The quantitative estimate of drug-likeness (QED) is 0.841. The molecule has 0 spiro atoms. The maximum atomic E-state index is 13.0. The molecule has 0 saturated heterocycles. The van der Waals surface area contributed by atoms with E-state index < -0.39 is 16.0 Å². The topological polar surface area (TPSA) is 69.7 Å². The summed E-state index contributed by atoms with van der Waals surface area (Å²) in [6.45, 7) is -0.331. The second kappa shape index (κ2) is 5.98. The Bertz CT molecular complexity index is 612. The van der Waals surface area contributed by atoms with E-state index in [4.69, 9.17) is 0 Å². The van der Waals surface area contributed by atoms with Crippen LogP contribution in [0.3, 0.4) is 0 Å². The molecule has 0 heterocycles. The average Bonchev–Trinajstić information content (AvgIpc) is 3.20. The highest BCUT2D eigenvalue weighted by Crippen LogP contribution is 2.21. The molecule has 0 unspecified atom stereocenters. The molecule has 0 bridgehead atoms. The minimum absolute atomic E-state index is 0.148. The maximum absolute atomic E-state index is 13.0. The molecule has 1 saturated carbocycles. The number of hydrogen-bond acceptors (Lipinski definition) is 3. The third kappa shape index (κ3) is 3.92. The van der Waals surface area contributed by atoms with Crippen LogP contribution < -0.4 is 9.62 Å². The van der Waals surface area contributed by atoms with Crippen molar-refractivity contribution in [3.63, 3.8) is 0 Å². The van der Waals surface area contributed by atoms with Gasteiger partial charge in [-0.15, -0.1) is 0 Å². The summed E-state index contributed by atoms with van der Waals surface area (Å²) in [6, 6.07) is 5.13. The van der Waals surface area contributed by atoms with Crippen LogP contribution in [0.25, 0.3) is 0 Å². The van der Waals surface area contributed by atoms with Crippen molar-refractivity contribution in [1.29, 1.82) is 0 Å². The van der Waals surface area contributed by atoms with Gasteiger partial charge < -0.3 is 5.32 Å². The number of carbonyl (C=O) groups excluding carboxylic acids is 1. The summed E-state index contributed by atoms with van der Waals surface area (Å²) < 4.78 is 39.6. The SMILES string of the molecule is CN(C)S(=O)(=O)N(CC(=O)NC1CC1)c1ccc(F)cc1. The third-order valence-corrected chi connectivity index (χ3v) is 4.90. The first kappa shape index (κ1) is 15.7. The smallest absolute Gasteiger partial charge is 0.304 e. The summed E-state index contributed by atoms with van der Waals surface area (Å²) in [7, 11) is -1.07. The van der Waals surface area contributed by atoms with Gasteiger partial charge >= 0.3 is 10.2 Å². The summed E-state index contributed by atoms with van der Waals surface area (Å²) in [5.41, 5.74) is 0.246. The summed E-state index contributed by atoms with van der Waals surface area (Å²) >= 11 is 0. The molecule has 116 valence electrons. The minimum Gasteiger partial charge on any atom is -0.352 e. The van der Waals surface area contributed by atoms with Gasteiger partial charge in [-0.05, 0) is 37.1 Å². The van der Waals surface area contributed by atoms with E-state index in [-0.39, 0.29) is 24.2 Å². The monoisotopic (exact) mass is 315 g/mol. The fourth-order valence-corrected chi connectivity index (χ4v) is 2.80. The Labute approximate surface area is 123 Å². The van der Waals surface area contributed by atoms with E-state index >= 15 is 0 Å². The van der Waals surface area contributed by atoms with Gasteiger partial charge in [0.05, 0.1) is 5.69 Å². The average molecular weight is 315 g/mol. The summed E-state index contributed by atoms with van der Waals surface area (Å²) in [5.74, 6) is -0.837. The van der Waals surface area contributed by atoms with E-state index in [1.807, 2.05) is 0 Å². The van der Waals surface area contributed by atoms with Crippen molar-refractivity contribution >= 4 is 21.8 Å². The zero-order valence-electron chi connectivity index (χ0n) is 11.9. The molecular weight excluding hydrogens is 297 g/mol. The number of benzene rings is 1. The predicted octanol–water partition coefficient (Wildman–Crippen LogP) is 0.717. The van der Waals surface area contributed by atoms with Crippen LogP contribution in [-0.2, 0) is 15.0 Å². The Morgan fingerprint density at radius 2 is 1.86 bits per heavy atom.